The Labute approximate surface area is 176 Å². The number of carbonyl (C=O) groups excluding carboxylic acids is 2. The van der Waals surface area contributed by atoms with Gasteiger partial charge in [0.25, 0.3) is 5.91 Å². The molecule has 3 atom stereocenters. The maximum absolute atomic E-state index is 12.2. The Hall–Kier alpha value is -4.03. The number of nitrogens with two attached hydrogens (primary N) is 1. The molecule has 0 radical (unpaired) electrons. The zero-order chi connectivity index (χ0) is 21.9. The summed E-state index contributed by atoms with van der Waals surface area (Å²) >= 11 is 0. The van der Waals surface area contributed by atoms with E-state index in [1.807, 2.05) is 13.0 Å². The van der Waals surface area contributed by atoms with Gasteiger partial charge in [0.05, 0.1) is 23.6 Å². The first kappa shape index (κ1) is 19.0. The number of aliphatic hydroxyl groups excluding tert-OH is 1. The lowest BCUT2D eigenvalue weighted by molar-refractivity contribution is -0.123. The number of hydrogen-bond acceptors (Lipinski definition) is 7. The molecule has 1 fully saturated rings. The highest BCUT2D eigenvalue weighted by Crippen LogP contribution is 2.39. The second kappa shape index (κ2) is 6.75. The molecule has 31 heavy (non-hydrogen) atoms. The summed E-state index contributed by atoms with van der Waals surface area (Å²) in [5.74, 6) is -0.559. The highest BCUT2D eigenvalue weighted by atomic mass is 16.3. The molecule has 9 heteroatoms. The number of carbonyl (C=O) groups is 2. The molecule has 0 saturated heterocycles. The second-order valence-electron chi connectivity index (χ2n) is 7.90. The van der Waals surface area contributed by atoms with Crippen molar-refractivity contribution < 1.29 is 14.7 Å². The van der Waals surface area contributed by atoms with E-state index in [0.29, 0.717) is 34.6 Å². The summed E-state index contributed by atoms with van der Waals surface area (Å²) in [4.78, 5) is 32.7. The number of fused-ring (bicyclic) bond motifs is 2. The molecule has 2 unspecified atom stereocenters. The number of amides is 2. The first-order chi connectivity index (χ1) is 14.9. The van der Waals surface area contributed by atoms with Crippen molar-refractivity contribution in [1.82, 2.24) is 9.97 Å². The Morgan fingerprint density at radius 1 is 1.35 bits per heavy atom. The minimum Gasteiger partial charge on any atom is -0.383 e. The van der Waals surface area contributed by atoms with Gasteiger partial charge in [-0.1, -0.05) is 0 Å². The van der Waals surface area contributed by atoms with E-state index in [1.54, 1.807) is 24.4 Å². The molecule has 3 heterocycles. The number of nitrogens with zero attached hydrogens (tertiary/aromatic N) is 3. The van der Waals surface area contributed by atoms with Crippen LogP contribution in [0.2, 0.25) is 0 Å². The molecule has 5 N–H and O–H groups in total. The number of aryl methyl sites for hydroxylation is 1. The Morgan fingerprint density at radius 2 is 2.16 bits per heavy atom. The standard InChI is InChI=1S/C22H18N6O3/c1-9-2-16-14(19(29)22(31)27-16)6-12(9)17-4-10-5-18(25-8-15(10)20(24)26-17)28-21(30)13-3-11(13)7-23/h2,4-6,8,11,13,19,29H,3H2,1H3,(H2,24,26)(H,27,31)(H,25,28,30)/t11?,13-,19?/m0/s1. The predicted molar refractivity (Wildman–Crippen MR) is 114 cm³/mol. The third-order valence-electron chi connectivity index (χ3n) is 5.76. The smallest absolute Gasteiger partial charge is 0.257 e. The van der Waals surface area contributed by atoms with Crippen LogP contribution in [0.25, 0.3) is 22.0 Å². The van der Waals surface area contributed by atoms with E-state index in [2.05, 4.69) is 26.7 Å². The predicted octanol–water partition coefficient (Wildman–Crippen LogP) is 2.27. The van der Waals surface area contributed by atoms with Crippen molar-refractivity contribution in [3.8, 4) is 17.3 Å². The third-order valence-corrected chi connectivity index (χ3v) is 5.76. The Balaban J connectivity index is 1.53. The van der Waals surface area contributed by atoms with Gasteiger partial charge < -0.3 is 21.5 Å². The number of nitriles is 1. The summed E-state index contributed by atoms with van der Waals surface area (Å²) < 4.78 is 0. The summed E-state index contributed by atoms with van der Waals surface area (Å²) in [5, 5.41) is 25.8. The Kier molecular flexibility index (Phi) is 4.13. The first-order valence-electron chi connectivity index (χ1n) is 9.76. The van der Waals surface area contributed by atoms with Crippen molar-refractivity contribution >= 4 is 39.9 Å². The van der Waals surface area contributed by atoms with Gasteiger partial charge in [0.2, 0.25) is 5.91 Å². The fraction of sp³-hybridized carbons (Fsp3) is 0.227. The number of benzene rings is 1. The number of nitrogen functional groups attached to an aromatic ring is 1. The number of aliphatic hydroxyl groups is 1. The van der Waals surface area contributed by atoms with Gasteiger partial charge >= 0.3 is 0 Å². The molecule has 0 spiro atoms. The van der Waals surface area contributed by atoms with Crippen LogP contribution in [0.3, 0.4) is 0 Å². The van der Waals surface area contributed by atoms with Gasteiger partial charge in [0, 0.05) is 28.4 Å². The van der Waals surface area contributed by atoms with Gasteiger partial charge in [-0.05, 0) is 48.6 Å². The van der Waals surface area contributed by atoms with Gasteiger partial charge in [-0.3, -0.25) is 9.59 Å². The van der Waals surface area contributed by atoms with E-state index in [1.165, 1.54) is 0 Å². The molecule has 5 rings (SSSR count). The molecule has 1 aliphatic carbocycles. The van der Waals surface area contributed by atoms with Crippen molar-refractivity contribution in [3.05, 3.63) is 41.6 Å². The first-order valence-corrected chi connectivity index (χ1v) is 9.76. The number of rotatable bonds is 3. The zero-order valence-corrected chi connectivity index (χ0v) is 16.5. The van der Waals surface area contributed by atoms with Crippen LogP contribution in [0.4, 0.5) is 17.3 Å². The largest absolute Gasteiger partial charge is 0.383 e. The number of anilines is 3. The maximum Gasteiger partial charge on any atom is 0.257 e. The van der Waals surface area contributed by atoms with Crippen molar-refractivity contribution in [2.24, 2.45) is 11.8 Å². The molecule has 1 saturated carbocycles. The molecule has 0 bridgehead atoms. The summed E-state index contributed by atoms with van der Waals surface area (Å²) in [5.41, 5.74) is 9.41. The van der Waals surface area contributed by atoms with Crippen molar-refractivity contribution in [2.75, 3.05) is 16.4 Å². The highest BCUT2D eigenvalue weighted by Gasteiger charge is 2.43. The van der Waals surface area contributed by atoms with Gasteiger partial charge in [0.1, 0.15) is 11.6 Å². The van der Waals surface area contributed by atoms with Crippen LogP contribution in [0.15, 0.2) is 30.5 Å². The normalized spacial score (nSPS) is 21.3. The number of hydrogen-bond donors (Lipinski definition) is 4. The van der Waals surface area contributed by atoms with E-state index in [9.17, 15) is 14.7 Å². The van der Waals surface area contributed by atoms with E-state index in [-0.39, 0.29) is 23.6 Å². The molecule has 1 aromatic carbocycles. The van der Waals surface area contributed by atoms with Crippen LogP contribution in [0, 0.1) is 30.1 Å². The van der Waals surface area contributed by atoms with Gasteiger partial charge in [-0.15, -0.1) is 0 Å². The lowest BCUT2D eigenvalue weighted by Crippen LogP contribution is -2.15. The SMILES string of the molecule is Cc1cc2c(cc1-c1cc3cc(NC(=O)[C@H]4CC4C#N)ncc3c(N)n1)C(O)C(=O)N2. The van der Waals surface area contributed by atoms with Crippen LogP contribution in [-0.2, 0) is 9.59 Å². The number of aromatic nitrogens is 2. The van der Waals surface area contributed by atoms with Gasteiger partial charge in [-0.25, -0.2) is 9.97 Å². The fourth-order valence-corrected chi connectivity index (χ4v) is 3.90. The highest BCUT2D eigenvalue weighted by molar-refractivity contribution is 6.03. The lowest BCUT2D eigenvalue weighted by atomic mass is 9.98. The van der Waals surface area contributed by atoms with Gasteiger partial charge in [0.15, 0.2) is 6.10 Å². The average Bonchev–Trinajstić information content (AvgIpc) is 3.48. The molecule has 154 valence electrons. The third kappa shape index (κ3) is 3.14. The fourth-order valence-electron chi connectivity index (χ4n) is 3.90. The maximum atomic E-state index is 12.2. The quantitative estimate of drug-likeness (QED) is 0.512. The van der Waals surface area contributed by atoms with Crippen LogP contribution < -0.4 is 16.4 Å². The Morgan fingerprint density at radius 3 is 2.90 bits per heavy atom. The number of pyridine rings is 2. The van der Waals surface area contributed by atoms with Crippen LogP contribution in [-0.4, -0.2) is 26.9 Å². The zero-order valence-electron chi connectivity index (χ0n) is 16.5. The van der Waals surface area contributed by atoms with Crippen molar-refractivity contribution in [3.63, 3.8) is 0 Å². The molecule has 2 aromatic heterocycles. The van der Waals surface area contributed by atoms with Gasteiger partial charge in [-0.2, -0.15) is 5.26 Å². The second-order valence-corrected chi connectivity index (χ2v) is 7.90. The molecule has 2 aliphatic rings. The van der Waals surface area contributed by atoms with Crippen LogP contribution in [0.1, 0.15) is 23.7 Å². The van der Waals surface area contributed by atoms with Crippen LogP contribution >= 0.6 is 0 Å². The summed E-state index contributed by atoms with van der Waals surface area (Å²) in [6.07, 6.45) is 0.892. The minimum atomic E-state index is -1.22. The van der Waals surface area contributed by atoms with E-state index >= 15 is 0 Å². The topological polar surface area (TPSA) is 154 Å². The molecule has 9 nitrogen and oxygen atoms in total. The Bertz CT molecular complexity index is 1330. The number of nitrogens with one attached hydrogen (secondary N) is 2. The summed E-state index contributed by atoms with van der Waals surface area (Å²) in [6.45, 7) is 1.88. The van der Waals surface area contributed by atoms with Crippen LogP contribution in [0.5, 0.6) is 0 Å². The molecular weight excluding hydrogens is 396 g/mol. The van der Waals surface area contributed by atoms with E-state index < -0.39 is 12.0 Å². The summed E-state index contributed by atoms with van der Waals surface area (Å²) in [7, 11) is 0. The lowest BCUT2D eigenvalue weighted by Gasteiger charge is -2.12. The van der Waals surface area contributed by atoms with E-state index in [4.69, 9.17) is 11.0 Å². The molecular formula is C22H18N6O3. The molecule has 1 aliphatic heterocycles. The minimum absolute atomic E-state index is 0.221. The van der Waals surface area contributed by atoms with E-state index in [0.717, 1.165) is 16.5 Å². The van der Waals surface area contributed by atoms with Crippen molar-refractivity contribution in [1.29, 1.82) is 5.26 Å². The monoisotopic (exact) mass is 414 g/mol. The average molecular weight is 414 g/mol. The molecule has 2 amide bonds. The molecule has 3 aromatic rings. The van der Waals surface area contributed by atoms with Crippen molar-refractivity contribution in [2.45, 2.75) is 19.4 Å². The summed E-state index contributed by atoms with van der Waals surface area (Å²) in [6, 6.07) is 9.16.